The van der Waals surface area contributed by atoms with Gasteiger partial charge in [-0.15, -0.1) is 0 Å². The minimum absolute atomic E-state index is 0.0569. The molecule has 0 unspecified atom stereocenters. The molecule has 1 fully saturated rings. The number of amides is 2. The zero-order chi connectivity index (χ0) is 13.3. The molecule has 18 heavy (non-hydrogen) atoms. The molecule has 2 rings (SSSR count). The molecule has 0 aliphatic carbocycles. The summed E-state index contributed by atoms with van der Waals surface area (Å²) in [5.74, 6) is 0. The normalized spacial score (nSPS) is 15.3. The van der Waals surface area contributed by atoms with Crippen LogP contribution in [0.4, 0.5) is 16.2 Å². The van der Waals surface area contributed by atoms with Gasteiger partial charge in [0.15, 0.2) is 0 Å². The number of benzene rings is 1. The van der Waals surface area contributed by atoms with Crippen LogP contribution in [0, 0.1) is 10.1 Å². The summed E-state index contributed by atoms with van der Waals surface area (Å²) < 4.78 is 0. The van der Waals surface area contributed by atoms with Crippen LogP contribution in [0.15, 0.2) is 18.2 Å². The highest BCUT2D eigenvalue weighted by molar-refractivity contribution is 5.94. The van der Waals surface area contributed by atoms with Crippen molar-refractivity contribution in [3.63, 3.8) is 0 Å². The quantitative estimate of drug-likeness (QED) is 0.608. The van der Waals surface area contributed by atoms with E-state index in [4.69, 9.17) is 0 Å². The molecule has 0 radical (unpaired) electrons. The number of hydrogen-bond donors (Lipinski definition) is 0. The van der Waals surface area contributed by atoms with Gasteiger partial charge in [0.1, 0.15) is 0 Å². The summed E-state index contributed by atoms with van der Waals surface area (Å²) in [5, 5.41) is 10.7. The number of carbonyl (C=O) groups is 1. The van der Waals surface area contributed by atoms with Crippen molar-refractivity contribution in [3.05, 3.63) is 33.9 Å². The molecule has 0 atom stereocenters. The molecular formula is C12H15N3O3. The molecule has 96 valence electrons. The number of nitro benzene ring substituents is 1. The van der Waals surface area contributed by atoms with Crippen molar-refractivity contribution in [3.8, 4) is 0 Å². The molecule has 0 N–H and O–H groups in total. The van der Waals surface area contributed by atoms with Crippen molar-refractivity contribution in [2.45, 2.75) is 13.3 Å². The van der Waals surface area contributed by atoms with Gasteiger partial charge in [-0.25, -0.2) is 4.79 Å². The van der Waals surface area contributed by atoms with Crippen LogP contribution in [-0.2, 0) is 6.42 Å². The first kappa shape index (κ1) is 12.3. The number of carbonyl (C=O) groups excluding carboxylic acids is 1. The summed E-state index contributed by atoms with van der Waals surface area (Å²) in [6.45, 7) is 3.23. The number of nitro groups is 1. The SMILES string of the molecule is CCc1cc([N+](=O)[O-])ccc1N1CCN(C)C1=O. The molecular weight excluding hydrogens is 234 g/mol. The average Bonchev–Trinajstić information content (AvgIpc) is 2.69. The lowest BCUT2D eigenvalue weighted by Crippen LogP contribution is -2.29. The maximum Gasteiger partial charge on any atom is 0.324 e. The zero-order valence-corrected chi connectivity index (χ0v) is 10.4. The topological polar surface area (TPSA) is 66.7 Å². The number of aryl methyl sites for hydroxylation is 1. The molecule has 1 saturated heterocycles. The Hall–Kier alpha value is -2.11. The average molecular weight is 249 g/mol. The summed E-state index contributed by atoms with van der Waals surface area (Å²) in [4.78, 5) is 25.5. The fraction of sp³-hybridized carbons (Fsp3) is 0.417. The Morgan fingerprint density at radius 1 is 1.39 bits per heavy atom. The van der Waals surface area contributed by atoms with E-state index in [1.54, 1.807) is 29.0 Å². The summed E-state index contributed by atoms with van der Waals surface area (Å²) >= 11 is 0. The van der Waals surface area contributed by atoms with E-state index in [2.05, 4.69) is 0 Å². The molecule has 1 heterocycles. The summed E-state index contributed by atoms with van der Waals surface area (Å²) in [6.07, 6.45) is 0.657. The van der Waals surface area contributed by atoms with Crippen LogP contribution in [0.2, 0.25) is 0 Å². The van der Waals surface area contributed by atoms with E-state index in [1.165, 1.54) is 6.07 Å². The number of non-ortho nitro benzene ring substituents is 1. The number of rotatable bonds is 3. The van der Waals surface area contributed by atoms with E-state index in [9.17, 15) is 14.9 Å². The van der Waals surface area contributed by atoms with E-state index >= 15 is 0 Å². The molecule has 0 aromatic heterocycles. The molecule has 0 spiro atoms. The standard InChI is InChI=1S/C12H15N3O3/c1-3-9-8-10(15(17)18)4-5-11(9)14-7-6-13(2)12(14)16/h4-5,8H,3,6-7H2,1-2H3. The lowest BCUT2D eigenvalue weighted by molar-refractivity contribution is -0.384. The minimum Gasteiger partial charge on any atom is -0.326 e. The molecule has 6 heteroatoms. The van der Waals surface area contributed by atoms with Crippen LogP contribution in [0.1, 0.15) is 12.5 Å². The van der Waals surface area contributed by atoms with Gasteiger partial charge < -0.3 is 4.90 Å². The monoisotopic (exact) mass is 249 g/mol. The highest BCUT2D eigenvalue weighted by Crippen LogP contribution is 2.28. The first-order valence-corrected chi connectivity index (χ1v) is 5.84. The van der Waals surface area contributed by atoms with Crippen LogP contribution in [0.3, 0.4) is 0 Å². The van der Waals surface area contributed by atoms with E-state index in [1.807, 2.05) is 6.92 Å². The van der Waals surface area contributed by atoms with E-state index in [-0.39, 0.29) is 11.7 Å². The van der Waals surface area contributed by atoms with Gasteiger partial charge in [0.05, 0.1) is 4.92 Å². The number of likely N-dealkylation sites (N-methyl/N-ethyl adjacent to an activating group) is 1. The van der Waals surface area contributed by atoms with Crippen molar-refractivity contribution in [2.24, 2.45) is 0 Å². The largest absolute Gasteiger partial charge is 0.326 e. The van der Waals surface area contributed by atoms with E-state index in [0.717, 1.165) is 11.3 Å². The van der Waals surface area contributed by atoms with Crippen LogP contribution in [0.5, 0.6) is 0 Å². The van der Waals surface area contributed by atoms with Gasteiger partial charge in [0, 0.05) is 38.0 Å². The second kappa shape index (κ2) is 4.64. The second-order valence-electron chi connectivity index (χ2n) is 4.28. The fourth-order valence-corrected chi connectivity index (χ4v) is 2.10. The van der Waals surface area contributed by atoms with Gasteiger partial charge in [-0.1, -0.05) is 6.92 Å². The Morgan fingerprint density at radius 2 is 2.11 bits per heavy atom. The third kappa shape index (κ3) is 2.01. The molecule has 0 bridgehead atoms. The summed E-state index contributed by atoms with van der Waals surface area (Å²) in [7, 11) is 1.75. The smallest absolute Gasteiger partial charge is 0.324 e. The van der Waals surface area contributed by atoms with Crippen LogP contribution in [-0.4, -0.2) is 36.0 Å². The van der Waals surface area contributed by atoms with Crippen molar-refractivity contribution >= 4 is 17.4 Å². The molecule has 2 amide bonds. The molecule has 1 aromatic carbocycles. The number of urea groups is 1. The van der Waals surface area contributed by atoms with Crippen LogP contribution >= 0.6 is 0 Å². The summed E-state index contributed by atoms with van der Waals surface area (Å²) in [6, 6.07) is 4.59. The molecule has 6 nitrogen and oxygen atoms in total. The van der Waals surface area contributed by atoms with Gasteiger partial charge in [0.25, 0.3) is 5.69 Å². The summed E-state index contributed by atoms with van der Waals surface area (Å²) in [5.41, 5.74) is 1.67. The predicted octanol–water partition coefficient (Wildman–Crippen LogP) is 2.03. The van der Waals surface area contributed by atoms with Crippen molar-refractivity contribution in [2.75, 3.05) is 25.0 Å². The molecule has 0 saturated carbocycles. The predicted molar refractivity (Wildman–Crippen MR) is 67.8 cm³/mol. The van der Waals surface area contributed by atoms with Crippen molar-refractivity contribution < 1.29 is 9.72 Å². The van der Waals surface area contributed by atoms with E-state index in [0.29, 0.717) is 19.5 Å². The first-order chi connectivity index (χ1) is 8.54. The van der Waals surface area contributed by atoms with Crippen molar-refractivity contribution in [1.29, 1.82) is 0 Å². The third-order valence-electron chi connectivity index (χ3n) is 3.16. The fourth-order valence-electron chi connectivity index (χ4n) is 2.10. The van der Waals surface area contributed by atoms with Gasteiger partial charge >= 0.3 is 6.03 Å². The van der Waals surface area contributed by atoms with Gasteiger partial charge in [-0.2, -0.15) is 0 Å². The van der Waals surface area contributed by atoms with Gasteiger partial charge in [0.2, 0.25) is 0 Å². The lowest BCUT2D eigenvalue weighted by atomic mass is 10.1. The Morgan fingerprint density at radius 3 is 2.61 bits per heavy atom. The number of hydrogen-bond acceptors (Lipinski definition) is 3. The number of nitrogens with zero attached hydrogens (tertiary/aromatic N) is 3. The van der Waals surface area contributed by atoms with Crippen LogP contribution < -0.4 is 4.90 Å². The Labute approximate surface area is 105 Å². The molecule has 1 aliphatic rings. The lowest BCUT2D eigenvalue weighted by Gasteiger charge is -2.19. The minimum atomic E-state index is -0.416. The van der Waals surface area contributed by atoms with Crippen LogP contribution in [0.25, 0.3) is 0 Å². The third-order valence-corrected chi connectivity index (χ3v) is 3.16. The second-order valence-corrected chi connectivity index (χ2v) is 4.28. The van der Waals surface area contributed by atoms with E-state index < -0.39 is 4.92 Å². The highest BCUT2D eigenvalue weighted by atomic mass is 16.6. The Bertz CT molecular complexity index is 501. The molecule has 1 aromatic rings. The van der Waals surface area contributed by atoms with Gasteiger partial charge in [-0.05, 0) is 18.1 Å². The Kier molecular flexibility index (Phi) is 3.18. The molecule has 1 aliphatic heterocycles. The van der Waals surface area contributed by atoms with Gasteiger partial charge in [-0.3, -0.25) is 15.0 Å². The highest BCUT2D eigenvalue weighted by Gasteiger charge is 2.28. The number of anilines is 1. The zero-order valence-electron chi connectivity index (χ0n) is 10.4. The maximum absolute atomic E-state index is 11.9. The maximum atomic E-state index is 11.9. The first-order valence-electron chi connectivity index (χ1n) is 5.84. The Balaban J connectivity index is 2.39. The van der Waals surface area contributed by atoms with Crippen molar-refractivity contribution in [1.82, 2.24) is 4.90 Å².